The van der Waals surface area contributed by atoms with Gasteiger partial charge in [0.25, 0.3) is 0 Å². The molecule has 114 valence electrons. The van der Waals surface area contributed by atoms with Crippen molar-refractivity contribution in [2.45, 2.75) is 56.7 Å². The van der Waals surface area contributed by atoms with Gasteiger partial charge in [-0.1, -0.05) is 0 Å². The molecule has 6 nitrogen and oxygen atoms in total. The van der Waals surface area contributed by atoms with Crippen molar-refractivity contribution in [1.29, 1.82) is 15.8 Å². The summed E-state index contributed by atoms with van der Waals surface area (Å²) in [5, 5.41) is 25.8. The highest BCUT2D eigenvalue weighted by Gasteiger charge is 2.33. The minimum Gasteiger partial charge on any atom is -0.420 e. The Morgan fingerprint density at radius 1 is 0.571 bits per heavy atom. The van der Waals surface area contributed by atoms with Gasteiger partial charge in [-0.2, -0.15) is 15.8 Å². The van der Waals surface area contributed by atoms with E-state index in [4.69, 9.17) is 28.1 Å². The van der Waals surface area contributed by atoms with Gasteiger partial charge in [0.1, 0.15) is 0 Å². The third kappa shape index (κ3) is 8.12. The van der Waals surface area contributed by atoms with Gasteiger partial charge in [0, 0.05) is 19.3 Å². The van der Waals surface area contributed by atoms with Crippen molar-refractivity contribution < 1.29 is 12.3 Å². The van der Waals surface area contributed by atoms with Crippen molar-refractivity contribution >= 4 is 27.9 Å². The monoisotopic (exact) mass is 339 g/mol. The maximum absolute atomic E-state index is 8.60. The molecule has 0 radical (unpaired) electrons. The lowest BCUT2D eigenvalue weighted by Gasteiger charge is -2.34. The third-order valence-corrected chi connectivity index (χ3v) is 13.0. The highest BCUT2D eigenvalue weighted by molar-refractivity contribution is 6.73. The number of hydrogen-bond donors (Lipinski definition) is 0. The van der Waals surface area contributed by atoms with Gasteiger partial charge in [-0.3, -0.25) is 0 Å². The summed E-state index contributed by atoms with van der Waals surface area (Å²) in [4.78, 5) is 0. The fourth-order valence-corrected chi connectivity index (χ4v) is 13.5. The third-order valence-electron chi connectivity index (χ3n) is 3.10. The average molecular weight is 340 g/mol. The Labute approximate surface area is 131 Å². The molecule has 1 aliphatic heterocycles. The molecule has 0 atom stereocenters. The molecule has 1 aliphatic rings. The predicted octanol–water partition coefficient (Wildman–Crippen LogP) is 1.62. The van der Waals surface area contributed by atoms with E-state index in [1.807, 2.05) is 0 Å². The molecule has 1 rings (SSSR count). The van der Waals surface area contributed by atoms with Crippen molar-refractivity contribution in [3.8, 4) is 18.2 Å². The number of nitriles is 3. The topological polar surface area (TPSA) is 99.1 Å². The molecule has 21 heavy (non-hydrogen) atoms. The number of unbranched alkanes of at least 4 members (excludes halogenated alkanes) is 3. The molecule has 0 unspecified atom stereocenters. The maximum Gasteiger partial charge on any atom is 0.303 e. The van der Waals surface area contributed by atoms with E-state index in [2.05, 4.69) is 18.2 Å². The predicted molar refractivity (Wildman–Crippen MR) is 83.7 cm³/mol. The Bertz CT molecular complexity index is 351. The van der Waals surface area contributed by atoms with Crippen LogP contribution in [0.25, 0.3) is 0 Å². The molecule has 0 N–H and O–H groups in total. The summed E-state index contributed by atoms with van der Waals surface area (Å²) in [7, 11) is -5.09. The fraction of sp³-hybridized carbons (Fsp3) is 0.750. The molecule has 0 aromatic heterocycles. The molecular weight excluding hydrogens is 318 g/mol. The average Bonchev–Trinajstić information content (AvgIpc) is 2.48. The van der Waals surface area contributed by atoms with Gasteiger partial charge in [0.2, 0.25) is 0 Å². The van der Waals surface area contributed by atoms with Gasteiger partial charge in [-0.15, -0.1) is 0 Å². The minimum absolute atomic E-state index is 0.540. The van der Waals surface area contributed by atoms with E-state index in [-0.39, 0.29) is 0 Å². The van der Waals surface area contributed by atoms with E-state index < -0.39 is 27.9 Å². The Morgan fingerprint density at radius 3 is 1.10 bits per heavy atom. The number of hydrogen-bond acceptors (Lipinski definition) is 6. The maximum atomic E-state index is 8.60. The summed E-state index contributed by atoms with van der Waals surface area (Å²) in [5.41, 5.74) is 0. The summed E-state index contributed by atoms with van der Waals surface area (Å²) in [6, 6.07) is 9.02. The molecule has 0 saturated carbocycles. The smallest absolute Gasteiger partial charge is 0.303 e. The first kappa shape index (κ1) is 18.1. The molecule has 0 aromatic carbocycles. The van der Waals surface area contributed by atoms with Crippen LogP contribution in [0.3, 0.4) is 0 Å². The first-order valence-electron chi connectivity index (χ1n) is 7.37. The van der Waals surface area contributed by atoms with Crippen LogP contribution < -0.4 is 0 Å². The van der Waals surface area contributed by atoms with Crippen LogP contribution in [0.4, 0.5) is 0 Å². The quantitative estimate of drug-likeness (QED) is 0.467. The molecule has 1 fully saturated rings. The van der Waals surface area contributed by atoms with Crippen LogP contribution in [-0.2, 0) is 12.3 Å². The van der Waals surface area contributed by atoms with Crippen LogP contribution in [0, 0.1) is 34.0 Å². The van der Waals surface area contributed by atoms with Crippen LogP contribution >= 0.6 is 0 Å². The van der Waals surface area contributed by atoms with Crippen molar-refractivity contribution in [1.82, 2.24) is 0 Å². The van der Waals surface area contributed by atoms with E-state index in [0.717, 1.165) is 37.4 Å². The van der Waals surface area contributed by atoms with E-state index in [0.29, 0.717) is 19.3 Å². The second kappa shape index (κ2) is 11.6. The molecule has 1 heterocycles. The molecule has 0 spiro atoms. The van der Waals surface area contributed by atoms with Gasteiger partial charge in [-0.25, -0.2) is 0 Å². The van der Waals surface area contributed by atoms with Crippen LogP contribution in [-0.4, -0.2) is 27.9 Å². The van der Waals surface area contributed by atoms with Crippen molar-refractivity contribution in [2.24, 2.45) is 0 Å². The number of nitrogens with zero attached hydrogens (tertiary/aromatic N) is 3. The van der Waals surface area contributed by atoms with Crippen LogP contribution in [0.1, 0.15) is 38.5 Å². The summed E-state index contributed by atoms with van der Waals surface area (Å²) >= 11 is 0. The Hall–Kier alpha value is -0.999. The molecular formula is C12H21N3O3Si3. The summed E-state index contributed by atoms with van der Waals surface area (Å²) in [5.74, 6) is 0. The standard InChI is InChI=1S/C12H21N3O3Si3/c13-7-1-4-10-19-16-20(11-5-2-8-14)18-21(17-19)12-6-3-9-15/h19-21H,1-6,10-12H2. The summed E-state index contributed by atoms with van der Waals surface area (Å²) < 4.78 is 18.0. The summed E-state index contributed by atoms with van der Waals surface area (Å²) in [6.45, 7) is 0. The molecule has 0 amide bonds. The zero-order valence-corrected chi connectivity index (χ0v) is 15.6. The SMILES string of the molecule is N#CCCC[SiH]1O[SiH](CCCC#N)O[SiH](CCCC#N)O1. The zero-order valence-electron chi connectivity index (χ0n) is 12.2. The first-order chi connectivity index (χ1) is 10.3. The number of rotatable bonds is 9. The van der Waals surface area contributed by atoms with E-state index in [1.165, 1.54) is 0 Å². The minimum atomic E-state index is -1.70. The van der Waals surface area contributed by atoms with Crippen molar-refractivity contribution in [3.63, 3.8) is 0 Å². The Kier molecular flexibility index (Phi) is 10.0. The molecule has 0 aliphatic carbocycles. The molecule has 0 bridgehead atoms. The highest BCUT2D eigenvalue weighted by atomic mass is 28.5. The van der Waals surface area contributed by atoms with Crippen molar-refractivity contribution in [2.75, 3.05) is 0 Å². The first-order valence-corrected chi connectivity index (χ1v) is 12.6. The second-order valence-corrected chi connectivity index (χ2v) is 12.4. The lowest BCUT2D eigenvalue weighted by molar-refractivity contribution is 0.276. The second-order valence-electron chi connectivity index (χ2n) is 4.85. The van der Waals surface area contributed by atoms with E-state index >= 15 is 0 Å². The van der Waals surface area contributed by atoms with E-state index in [1.54, 1.807) is 0 Å². The van der Waals surface area contributed by atoms with Crippen molar-refractivity contribution in [3.05, 3.63) is 0 Å². The van der Waals surface area contributed by atoms with Crippen LogP contribution in [0.5, 0.6) is 0 Å². The fourth-order valence-electron chi connectivity index (χ4n) is 2.06. The molecule has 9 heteroatoms. The summed E-state index contributed by atoms with van der Waals surface area (Å²) in [6.07, 6.45) is 4.10. The van der Waals surface area contributed by atoms with Crippen LogP contribution in [0.2, 0.25) is 18.1 Å². The van der Waals surface area contributed by atoms with E-state index in [9.17, 15) is 0 Å². The van der Waals surface area contributed by atoms with Gasteiger partial charge in [-0.05, 0) is 37.4 Å². The lowest BCUT2D eigenvalue weighted by atomic mass is 10.4. The van der Waals surface area contributed by atoms with Gasteiger partial charge >= 0.3 is 27.9 Å². The Morgan fingerprint density at radius 2 is 0.857 bits per heavy atom. The molecule has 1 saturated heterocycles. The normalized spacial score (nSPS) is 24.7. The largest absolute Gasteiger partial charge is 0.420 e. The van der Waals surface area contributed by atoms with Crippen LogP contribution in [0.15, 0.2) is 0 Å². The zero-order chi connectivity index (χ0) is 15.3. The highest BCUT2D eigenvalue weighted by Crippen LogP contribution is 2.20. The van der Waals surface area contributed by atoms with Gasteiger partial charge in [0.15, 0.2) is 0 Å². The van der Waals surface area contributed by atoms with Gasteiger partial charge in [0.05, 0.1) is 18.2 Å². The Balaban J connectivity index is 2.42. The molecule has 0 aromatic rings. The van der Waals surface area contributed by atoms with Gasteiger partial charge < -0.3 is 12.3 Å². The lowest BCUT2D eigenvalue weighted by Crippen LogP contribution is -2.48.